The molecule has 4 heteroatoms. The number of fused-ring (bicyclic) bond motifs is 1. The lowest BCUT2D eigenvalue weighted by Crippen LogP contribution is -2.45. The van der Waals surface area contributed by atoms with Gasteiger partial charge in [-0.1, -0.05) is 32.6 Å². The highest BCUT2D eigenvalue weighted by Crippen LogP contribution is 2.43. The van der Waals surface area contributed by atoms with E-state index >= 15 is 0 Å². The molecular formula is C19H35ClN2O. The van der Waals surface area contributed by atoms with Crippen molar-refractivity contribution in [1.82, 2.24) is 10.2 Å². The minimum absolute atomic E-state index is 0. The van der Waals surface area contributed by atoms with Gasteiger partial charge in [0.25, 0.3) is 0 Å². The molecule has 2 aliphatic carbocycles. The first-order valence-corrected chi connectivity index (χ1v) is 9.77. The first-order valence-electron chi connectivity index (χ1n) is 9.77. The topological polar surface area (TPSA) is 32.3 Å². The average molecular weight is 343 g/mol. The van der Waals surface area contributed by atoms with Gasteiger partial charge in [0.1, 0.15) is 0 Å². The quantitative estimate of drug-likeness (QED) is 0.841. The van der Waals surface area contributed by atoms with Crippen molar-refractivity contribution in [3.05, 3.63) is 0 Å². The molecular weight excluding hydrogens is 308 g/mol. The zero-order valence-electron chi connectivity index (χ0n) is 14.8. The second-order valence-electron chi connectivity index (χ2n) is 7.89. The largest absolute Gasteiger partial charge is 0.342 e. The van der Waals surface area contributed by atoms with Gasteiger partial charge >= 0.3 is 0 Å². The van der Waals surface area contributed by atoms with Crippen molar-refractivity contribution in [2.75, 3.05) is 26.2 Å². The Morgan fingerprint density at radius 2 is 1.70 bits per heavy atom. The first kappa shape index (κ1) is 19.1. The van der Waals surface area contributed by atoms with E-state index in [1.54, 1.807) is 0 Å². The van der Waals surface area contributed by atoms with Crippen LogP contribution >= 0.6 is 12.4 Å². The number of hydrogen-bond acceptors (Lipinski definition) is 2. The van der Waals surface area contributed by atoms with E-state index in [9.17, 15) is 4.79 Å². The van der Waals surface area contributed by atoms with Crippen LogP contribution in [-0.2, 0) is 4.79 Å². The van der Waals surface area contributed by atoms with Crippen molar-refractivity contribution in [3.8, 4) is 0 Å². The molecule has 1 heterocycles. The molecule has 1 aliphatic heterocycles. The van der Waals surface area contributed by atoms with E-state index in [1.165, 1.54) is 51.4 Å². The van der Waals surface area contributed by atoms with Crippen LogP contribution in [0.5, 0.6) is 0 Å². The lowest BCUT2D eigenvalue weighted by atomic mass is 9.67. The second kappa shape index (κ2) is 9.27. The molecule has 0 radical (unpaired) electrons. The average Bonchev–Trinajstić information content (AvgIpc) is 2.59. The SMILES string of the molecule is CCNCC1CCN(C(=O)C2CCC3CCCCC3C2)CC1.Cl. The maximum absolute atomic E-state index is 12.9. The Labute approximate surface area is 148 Å². The van der Waals surface area contributed by atoms with E-state index < -0.39 is 0 Å². The first-order chi connectivity index (χ1) is 10.8. The summed E-state index contributed by atoms with van der Waals surface area (Å²) in [7, 11) is 0. The molecule has 0 aromatic rings. The van der Waals surface area contributed by atoms with E-state index in [0.717, 1.165) is 50.4 Å². The summed E-state index contributed by atoms with van der Waals surface area (Å²) in [5, 5.41) is 3.45. The third-order valence-corrected chi connectivity index (χ3v) is 6.50. The van der Waals surface area contributed by atoms with Gasteiger partial charge in [-0.05, 0) is 62.9 Å². The van der Waals surface area contributed by atoms with Crippen molar-refractivity contribution < 1.29 is 4.79 Å². The Morgan fingerprint density at radius 3 is 2.39 bits per heavy atom. The summed E-state index contributed by atoms with van der Waals surface area (Å²) in [6.45, 7) is 6.36. The Bertz CT molecular complexity index is 368. The van der Waals surface area contributed by atoms with Crippen LogP contribution < -0.4 is 5.32 Å². The van der Waals surface area contributed by atoms with Crippen molar-refractivity contribution in [2.24, 2.45) is 23.7 Å². The van der Waals surface area contributed by atoms with Gasteiger partial charge in [0.05, 0.1) is 0 Å². The van der Waals surface area contributed by atoms with Gasteiger partial charge in [-0.15, -0.1) is 12.4 Å². The zero-order chi connectivity index (χ0) is 15.4. The summed E-state index contributed by atoms with van der Waals surface area (Å²) < 4.78 is 0. The lowest BCUT2D eigenvalue weighted by Gasteiger charge is -2.41. The maximum Gasteiger partial charge on any atom is 0.225 e. The monoisotopic (exact) mass is 342 g/mol. The smallest absolute Gasteiger partial charge is 0.225 e. The maximum atomic E-state index is 12.9. The minimum atomic E-state index is 0. The molecule has 3 aliphatic rings. The lowest BCUT2D eigenvalue weighted by molar-refractivity contribution is -0.139. The molecule has 0 bridgehead atoms. The fourth-order valence-corrected chi connectivity index (χ4v) is 5.06. The van der Waals surface area contributed by atoms with Crippen LogP contribution in [0.3, 0.4) is 0 Å². The molecule has 1 N–H and O–H groups in total. The summed E-state index contributed by atoms with van der Waals surface area (Å²) in [4.78, 5) is 15.0. The van der Waals surface area contributed by atoms with E-state index in [1.807, 2.05) is 0 Å². The van der Waals surface area contributed by atoms with Crippen molar-refractivity contribution in [3.63, 3.8) is 0 Å². The predicted molar refractivity (Wildman–Crippen MR) is 97.9 cm³/mol. The molecule has 0 aromatic heterocycles. The van der Waals surface area contributed by atoms with Crippen LogP contribution in [0.4, 0.5) is 0 Å². The van der Waals surface area contributed by atoms with Crippen LogP contribution in [-0.4, -0.2) is 37.0 Å². The van der Waals surface area contributed by atoms with Gasteiger partial charge in [-0.3, -0.25) is 4.79 Å². The number of halogens is 1. The van der Waals surface area contributed by atoms with Crippen molar-refractivity contribution in [2.45, 2.75) is 64.7 Å². The molecule has 3 nitrogen and oxygen atoms in total. The summed E-state index contributed by atoms with van der Waals surface area (Å²) in [5.74, 6) is 3.43. The van der Waals surface area contributed by atoms with Gasteiger partial charge in [-0.2, -0.15) is 0 Å². The number of nitrogens with zero attached hydrogens (tertiary/aromatic N) is 1. The van der Waals surface area contributed by atoms with Gasteiger partial charge in [-0.25, -0.2) is 0 Å². The number of piperidine rings is 1. The Kier molecular flexibility index (Phi) is 7.68. The summed E-state index contributed by atoms with van der Waals surface area (Å²) in [5.41, 5.74) is 0. The molecule has 23 heavy (non-hydrogen) atoms. The number of amides is 1. The van der Waals surface area contributed by atoms with Crippen LogP contribution in [0.25, 0.3) is 0 Å². The third kappa shape index (κ3) is 4.85. The molecule has 1 amide bonds. The Balaban J connectivity index is 0.00000192. The highest BCUT2D eigenvalue weighted by Gasteiger charge is 2.37. The number of carbonyl (C=O) groups is 1. The normalized spacial score (nSPS) is 32.0. The minimum Gasteiger partial charge on any atom is -0.342 e. The van der Waals surface area contributed by atoms with Crippen molar-refractivity contribution >= 4 is 18.3 Å². The fraction of sp³-hybridized carbons (Fsp3) is 0.947. The molecule has 2 saturated carbocycles. The summed E-state index contributed by atoms with van der Waals surface area (Å²) in [6.07, 6.45) is 11.7. The standard InChI is InChI=1S/C19H34N2O.ClH/c1-2-20-14-15-9-11-21(12-10-15)19(22)18-8-7-16-5-3-4-6-17(16)13-18;/h15-18,20H,2-14H2,1H3;1H. The zero-order valence-corrected chi connectivity index (χ0v) is 15.6. The van der Waals surface area contributed by atoms with Gasteiger partial charge < -0.3 is 10.2 Å². The summed E-state index contributed by atoms with van der Waals surface area (Å²) in [6, 6.07) is 0. The van der Waals surface area contributed by atoms with E-state index in [2.05, 4.69) is 17.1 Å². The number of hydrogen-bond donors (Lipinski definition) is 1. The van der Waals surface area contributed by atoms with Crippen LogP contribution in [0.1, 0.15) is 64.7 Å². The second-order valence-corrected chi connectivity index (χ2v) is 7.89. The summed E-state index contributed by atoms with van der Waals surface area (Å²) >= 11 is 0. The fourth-order valence-electron chi connectivity index (χ4n) is 5.06. The molecule has 134 valence electrons. The molecule has 1 saturated heterocycles. The number of rotatable bonds is 4. The van der Waals surface area contributed by atoms with E-state index in [4.69, 9.17) is 0 Å². The highest BCUT2D eigenvalue weighted by atomic mass is 35.5. The van der Waals surface area contributed by atoms with Crippen LogP contribution in [0.2, 0.25) is 0 Å². The van der Waals surface area contributed by atoms with Crippen LogP contribution in [0.15, 0.2) is 0 Å². The van der Waals surface area contributed by atoms with Gasteiger partial charge in [0.15, 0.2) is 0 Å². The Hall–Kier alpha value is -0.280. The van der Waals surface area contributed by atoms with Gasteiger partial charge in [0.2, 0.25) is 5.91 Å². The van der Waals surface area contributed by atoms with E-state index in [0.29, 0.717) is 11.8 Å². The number of nitrogens with one attached hydrogen (secondary N) is 1. The van der Waals surface area contributed by atoms with E-state index in [-0.39, 0.29) is 12.4 Å². The molecule has 3 atom stereocenters. The number of carbonyl (C=O) groups excluding carboxylic acids is 1. The number of likely N-dealkylation sites (tertiary alicyclic amines) is 1. The molecule has 0 spiro atoms. The van der Waals surface area contributed by atoms with Gasteiger partial charge in [0, 0.05) is 19.0 Å². The van der Waals surface area contributed by atoms with Crippen molar-refractivity contribution in [1.29, 1.82) is 0 Å². The molecule has 3 rings (SSSR count). The molecule has 0 aromatic carbocycles. The molecule has 3 fully saturated rings. The van der Waals surface area contributed by atoms with Crippen LogP contribution in [0, 0.1) is 23.7 Å². The predicted octanol–water partition coefficient (Wildman–Crippen LogP) is 3.86. The Morgan fingerprint density at radius 1 is 1.00 bits per heavy atom. The molecule has 3 unspecified atom stereocenters. The third-order valence-electron chi connectivity index (χ3n) is 6.50. The highest BCUT2D eigenvalue weighted by molar-refractivity contribution is 5.85.